The SMILES string of the molecule is CC=C(OCC)c1ccc2c(c1)nc1n2CCN2CCCC2C1. The van der Waals surface area contributed by atoms with E-state index in [4.69, 9.17) is 9.72 Å². The molecule has 1 aromatic carbocycles. The smallest absolute Gasteiger partial charge is 0.122 e. The van der Waals surface area contributed by atoms with Crippen molar-refractivity contribution in [2.45, 2.75) is 45.7 Å². The van der Waals surface area contributed by atoms with Crippen LogP contribution in [0.5, 0.6) is 0 Å². The van der Waals surface area contributed by atoms with E-state index >= 15 is 0 Å². The van der Waals surface area contributed by atoms with Crippen LogP contribution in [0.15, 0.2) is 24.3 Å². The monoisotopic (exact) mass is 311 g/mol. The van der Waals surface area contributed by atoms with Crippen molar-refractivity contribution in [3.63, 3.8) is 0 Å². The molecule has 1 unspecified atom stereocenters. The number of benzene rings is 1. The highest BCUT2D eigenvalue weighted by molar-refractivity contribution is 5.80. The van der Waals surface area contributed by atoms with Gasteiger partial charge in [-0.2, -0.15) is 0 Å². The lowest BCUT2D eigenvalue weighted by molar-refractivity contribution is 0.258. The third kappa shape index (κ3) is 2.55. The lowest BCUT2D eigenvalue weighted by Gasteiger charge is -2.20. The van der Waals surface area contributed by atoms with Gasteiger partial charge in [-0.05, 0) is 57.5 Å². The Morgan fingerprint density at radius 1 is 1.35 bits per heavy atom. The fourth-order valence-electron chi connectivity index (χ4n) is 4.09. The summed E-state index contributed by atoms with van der Waals surface area (Å²) in [6.45, 7) is 8.21. The van der Waals surface area contributed by atoms with Gasteiger partial charge in [0.25, 0.3) is 0 Å². The van der Waals surface area contributed by atoms with E-state index in [-0.39, 0.29) is 0 Å². The Labute approximate surface area is 137 Å². The molecule has 2 aliphatic heterocycles. The predicted octanol–water partition coefficient (Wildman–Crippen LogP) is 3.45. The first-order chi connectivity index (χ1) is 11.3. The summed E-state index contributed by atoms with van der Waals surface area (Å²) in [5.74, 6) is 2.20. The first-order valence-corrected chi connectivity index (χ1v) is 8.83. The summed E-state index contributed by atoms with van der Waals surface area (Å²) in [6.07, 6.45) is 5.78. The molecular weight excluding hydrogens is 286 g/mol. The average molecular weight is 311 g/mol. The standard InChI is InChI=1S/C19H25N3O/c1-3-18(23-4-2)14-7-8-17-16(12-14)20-19-13-15-6-5-9-21(15)10-11-22(17)19/h3,7-8,12,15H,4-6,9-11,13H2,1-2H3. The molecule has 2 aliphatic rings. The largest absolute Gasteiger partial charge is 0.494 e. The van der Waals surface area contributed by atoms with E-state index < -0.39 is 0 Å². The fourth-order valence-corrected chi connectivity index (χ4v) is 4.09. The van der Waals surface area contributed by atoms with Gasteiger partial charge in [0.2, 0.25) is 0 Å². The van der Waals surface area contributed by atoms with Crippen LogP contribution < -0.4 is 0 Å². The minimum atomic E-state index is 0.689. The Hall–Kier alpha value is -1.81. The number of nitrogens with zero attached hydrogens (tertiary/aromatic N) is 3. The Bertz CT molecular complexity index is 746. The molecule has 122 valence electrons. The second-order valence-electron chi connectivity index (χ2n) is 6.51. The third-order valence-corrected chi connectivity index (χ3v) is 5.20. The highest BCUT2D eigenvalue weighted by Crippen LogP contribution is 2.28. The van der Waals surface area contributed by atoms with Gasteiger partial charge >= 0.3 is 0 Å². The van der Waals surface area contributed by atoms with E-state index in [1.165, 1.54) is 30.7 Å². The van der Waals surface area contributed by atoms with Crippen LogP contribution in [-0.2, 0) is 17.7 Å². The van der Waals surface area contributed by atoms with Crippen molar-refractivity contribution >= 4 is 16.8 Å². The number of hydrogen-bond donors (Lipinski definition) is 0. The second kappa shape index (κ2) is 6.00. The van der Waals surface area contributed by atoms with Crippen LogP contribution in [0.1, 0.15) is 38.1 Å². The molecule has 3 heterocycles. The minimum Gasteiger partial charge on any atom is -0.494 e. The topological polar surface area (TPSA) is 30.3 Å². The zero-order valence-corrected chi connectivity index (χ0v) is 14.1. The van der Waals surface area contributed by atoms with Crippen molar-refractivity contribution in [1.29, 1.82) is 0 Å². The van der Waals surface area contributed by atoms with Crippen molar-refractivity contribution in [2.75, 3.05) is 19.7 Å². The van der Waals surface area contributed by atoms with Crippen LogP contribution in [0.3, 0.4) is 0 Å². The van der Waals surface area contributed by atoms with Gasteiger partial charge in [0.15, 0.2) is 0 Å². The van der Waals surface area contributed by atoms with E-state index in [2.05, 4.69) is 27.7 Å². The summed E-state index contributed by atoms with van der Waals surface area (Å²) < 4.78 is 8.15. The molecule has 2 aromatic rings. The summed E-state index contributed by atoms with van der Waals surface area (Å²) in [7, 11) is 0. The van der Waals surface area contributed by atoms with E-state index in [9.17, 15) is 0 Å². The lowest BCUT2D eigenvalue weighted by Crippen LogP contribution is -2.30. The van der Waals surface area contributed by atoms with E-state index in [1.807, 2.05) is 19.9 Å². The summed E-state index contributed by atoms with van der Waals surface area (Å²) in [4.78, 5) is 7.61. The van der Waals surface area contributed by atoms with E-state index in [0.29, 0.717) is 12.6 Å². The zero-order valence-electron chi connectivity index (χ0n) is 14.1. The maximum Gasteiger partial charge on any atom is 0.122 e. The molecule has 0 spiro atoms. The number of hydrogen-bond acceptors (Lipinski definition) is 3. The van der Waals surface area contributed by atoms with Gasteiger partial charge < -0.3 is 9.30 Å². The molecular formula is C19H25N3O. The number of allylic oxidation sites excluding steroid dienone is 1. The first kappa shape index (κ1) is 14.8. The van der Waals surface area contributed by atoms with Crippen molar-refractivity contribution in [2.24, 2.45) is 0 Å². The summed E-state index contributed by atoms with van der Waals surface area (Å²) in [5.41, 5.74) is 3.48. The quantitative estimate of drug-likeness (QED) is 0.813. The third-order valence-electron chi connectivity index (χ3n) is 5.20. The highest BCUT2D eigenvalue weighted by Gasteiger charge is 2.29. The molecule has 0 amide bonds. The molecule has 1 aromatic heterocycles. The van der Waals surface area contributed by atoms with Crippen LogP contribution in [0.4, 0.5) is 0 Å². The Balaban J connectivity index is 1.72. The van der Waals surface area contributed by atoms with Crippen molar-refractivity contribution in [1.82, 2.24) is 14.5 Å². The van der Waals surface area contributed by atoms with Gasteiger partial charge in [-0.15, -0.1) is 0 Å². The maximum absolute atomic E-state index is 5.72. The van der Waals surface area contributed by atoms with Gasteiger partial charge in [0, 0.05) is 31.1 Å². The van der Waals surface area contributed by atoms with Gasteiger partial charge in [0.05, 0.1) is 17.6 Å². The Kier molecular flexibility index (Phi) is 3.85. The molecule has 0 N–H and O–H groups in total. The van der Waals surface area contributed by atoms with Crippen LogP contribution in [0, 0.1) is 0 Å². The second-order valence-corrected chi connectivity index (χ2v) is 6.51. The molecule has 1 atom stereocenters. The molecule has 4 heteroatoms. The van der Waals surface area contributed by atoms with Crippen LogP contribution >= 0.6 is 0 Å². The summed E-state index contributed by atoms with van der Waals surface area (Å²) in [6, 6.07) is 7.24. The number of fused-ring (bicyclic) bond motifs is 4. The van der Waals surface area contributed by atoms with Gasteiger partial charge in [-0.25, -0.2) is 4.98 Å². The first-order valence-electron chi connectivity index (χ1n) is 8.83. The number of imidazole rings is 1. The van der Waals surface area contributed by atoms with Crippen LogP contribution in [0.2, 0.25) is 0 Å². The van der Waals surface area contributed by atoms with Gasteiger partial charge in [0.1, 0.15) is 11.6 Å². The zero-order chi connectivity index (χ0) is 15.8. The molecule has 23 heavy (non-hydrogen) atoms. The lowest BCUT2D eigenvalue weighted by atomic mass is 10.1. The molecule has 0 aliphatic carbocycles. The molecule has 1 fully saturated rings. The van der Waals surface area contributed by atoms with E-state index in [1.54, 1.807) is 0 Å². The van der Waals surface area contributed by atoms with Crippen molar-refractivity contribution in [3.8, 4) is 0 Å². The Morgan fingerprint density at radius 2 is 2.26 bits per heavy atom. The van der Waals surface area contributed by atoms with Crippen LogP contribution in [-0.4, -0.2) is 40.2 Å². The summed E-state index contributed by atoms with van der Waals surface area (Å²) in [5, 5.41) is 0. The van der Waals surface area contributed by atoms with Gasteiger partial charge in [-0.1, -0.05) is 0 Å². The molecule has 4 rings (SSSR count). The molecule has 0 bridgehead atoms. The molecule has 1 saturated heterocycles. The maximum atomic E-state index is 5.72. The number of aromatic nitrogens is 2. The van der Waals surface area contributed by atoms with Crippen LogP contribution in [0.25, 0.3) is 16.8 Å². The fraction of sp³-hybridized carbons (Fsp3) is 0.526. The minimum absolute atomic E-state index is 0.689. The molecule has 4 nitrogen and oxygen atoms in total. The predicted molar refractivity (Wildman–Crippen MR) is 93.3 cm³/mol. The molecule has 0 saturated carbocycles. The number of ether oxygens (including phenoxy) is 1. The van der Waals surface area contributed by atoms with Crippen molar-refractivity contribution < 1.29 is 4.74 Å². The van der Waals surface area contributed by atoms with E-state index in [0.717, 1.165) is 36.3 Å². The summed E-state index contributed by atoms with van der Waals surface area (Å²) >= 11 is 0. The van der Waals surface area contributed by atoms with Gasteiger partial charge in [-0.3, -0.25) is 4.90 Å². The normalized spacial score (nSPS) is 22.0. The highest BCUT2D eigenvalue weighted by atomic mass is 16.5. The number of rotatable bonds is 3. The Morgan fingerprint density at radius 3 is 3.09 bits per heavy atom. The molecule has 0 radical (unpaired) electrons. The average Bonchev–Trinajstić information content (AvgIpc) is 3.10. The van der Waals surface area contributed by atoms with Crippen molar-refractivity contribution in [3.05, 3.63) is 35.7 Å².